The Morgan fingerprint density at radius 2 is 1.52 bits per heavy atom. The fourth-order valence-corrected chi connectivity index (χ4v) is 7.37. The molecule has 0 radical (unpaired) electrons. The molecule has 4 aliphatic rings. The van der Waals surface area contributed by atoms with E-state index < -0.39 is 0 Å². The molecular formula is C41H27N. The van der Waals surface area contributed by atoms with Crippen molar-refractivity contribution in [2.75, 3.05) is 0 Å². The number of fused-ring (bicyclic) bond motifs is 10. The first-order valence-corrected chi connectivity index (χ1v) is 14.8. The van der Waals surface area contributed by atoms with Crippen molar-refractivity contribution >= 4 is 28.6 Å². The maximum absolute atomic E-state index is 5.55. The lowest BCUT2D eigenvalue weighted by atomic mass is 9.74. The van der Waals surface area contributed by atoms with Crippen molar-refractivity contribution < 1.29 is 0 Å². The lowest BCUT2D eigenvalue weighted by Gasteiger charge is -2.30. The number of allylic oxidation sites excluding steroid dienone is 6. The summed E-state index contributed by atoms with van der Waals surface area (Å²) in [5.74, 6) is 0.413. The van der Waals surface area contributed by atoms with Crippen molar-refractivity contribution in [2.45, 2.75) is 18.3 Å². The van der Waals surface area contributed by atoms with Crippen LogP contribution in [-0.2, 0) is 6.42 Å². The molecule has 3 aliphatic carbocycles. The summed E-state index contributed by atoms with van der Waals surface area (Å²) in [6, 6.07) is 37.3. The van der Waals surface area contributed by atoms with Crippen LogP contribution in [0.2, 0.25) is 0 Å². The van der Waals surface area contributed by atoms with E-state index in [1.165, 1.54) is 55.3 Å². The van der Waals surface area contributed by atoms with Crippen LogP contribution in [0.25, 0.3) is 34.1 Å². The summed E-state index contributed by atoms with van der Waals surface area (Å²) in [7, 11) is 0. The molecule has 0 saturated heterocycles. The molecule has 0 aromatic heterocycles. The average Bonchev–Trinajstić information content (AvgIpc) is 3.32. The summed E-state index contributed by atoms with van der Waals surface area (Å²) in [4.78, 5) is 5.55. The van der Waals surface area contributed by atoms with Gasteiger partial charge in [-0.3, -0.25) is 0 Å². The van der Waals surface area contributed by atoms with Crippen LogP contribution in [0, 0.1) is 0 Å². The van der Waals surface area contributed by atoms with Crippen molar-refractivity contribution in [3.05, 3.63) is 183 Å². The fourth-order valence-electron chi connectivity index (χ4n) is 7.37. The van der Waals surface area contributed by atoms with Crippen molar-refractivity contribution in [2.24, 2.45) is 4.99 Å². The highest BCUT2D eigenvalue weighted by molar-refractivity contribution is 6.18. The molecule has 9 rings (SSSR count). The van der Waals surface area contributed by atoms with Gasteiger partial charge < -0.3 is 0 Å². The predicted molar refractivity (Wildman–Crippen MR) is 175 cm³/mol. The van der Waals surface area contributed by atoms with E-state index in [0.29, 0.717) is 5.92 Å². The van der Waals surface area contributed by atoms with Gasteiger partial charge in [0.25, 0.3) is 0 Å². The molecule has 1 heteroatoms. The van der Waals surface area contributed by atoms with Gasteiger partial charge in [0.05, 0.1) is 11.4 Å². The van der Waals surface area contributed by atoms with E-state index in [0.717, 1.165) is 29.0 Å². The molecule has 1 nitrogen and oxygen atoms in total. The smallest absolute Gasteiger partial charge is 0.0907 e. The largest absolute Gasteiger partial charge is 0.243 e. The first-order valence-electron chi connectivity index (χ1n) is 14.8. The Bertz CT molecular complexity index is 2140. The number of benzene rings is 5. The normalized spacial score (nSPS) is 19.1. The van der Waals surface area contributed by atoms with Crippen LogP contribution in [0.5, 0.6) is 0 Å². The van der Waals surface area contributed by atoms with Crippen LogP contribution in [0.4, 0.5) is 0 Å². The van der Waals surface area contributed by atoms with Gasteiger partial charge in [0.2, 0.25) is 0 Å². The Balaban J connectivity index is 1.32. The second kappa shape index (κ2) is 9.14. The van der Waals surface area contributed by atoms with Gasteiger partial charge in [0.1, 0.15) is 0 Å². The van der Waals surface area contributed by atoms with E-state index >= 15 is 0 Å². The monoisotopic (exact) mass is 533 g/mol. The molecule has 0 amide bonds. The minimum Gasteiger partial charge on any atom is -0.243 e. The second-order valence-electron chi connectivity index (χ2n) is 11.6. The van der Waals surface area contributed by atoms with Gasteiger partial charge in [0, 0.05) is 23.0 Å². The lowest BCUT2D eigenvalue weighted by Crippen LogP contribution is -2.16. The minimum atomic E-state index is 0.0883. The third-order valence-corrected chi connectivity index (χ3v) is 9.31. The number of aliphatic imine (C=N–C) groups is 1. The summed E-state index contributed by atoms with van der Waals surface area (Å²) < 4.78 is 0. The predicted octanol–water partition coefficient (Wildman–Crippen LogP) is 9.80. The topological polar surface area (TPSA) is 12.4 Å². The van der Waals surface area contributed by atoms with Crippen molar-refractivity contribution in [1.82, 2.24) is 0 Å². The molecule has 2 atom stereocenters. The Morgan fingerprint density at radius 3 is 2.48 bits per heavy atom. The van der Waals surface area contributed by atoms with E-state index in [4.69, 9.17) is 4.99 Å². The number of hydrogen-bond acceptors (Lipinski definition) is 1. The van der Waals surface area contributed by atoms with E-state index in [-0.39, 0.29) is 5.92 Å². The highest BCUT2D eigenvalue weighted by atomic mass is 14.8. The maximum atomic E-state index is 5.55. The van der Waals surface area contributed by atoms with Gasteiger partial charge >= 0.3 is 0 Å². The summed E-state index contributed by atoms with van der Waals surface area (Å²) in [6.45, 7) is 0. The van der Waals surface area contributed by atoms with Crippen LogP contribution < -0.4 is 0 Å². The van der Waals surface area contributed by atoms with Gasteiger partial charge in [0.15, 0.2) is 0 Å². The zero-order valence-corrected chi connectivity index (χ0v) is 23.1. The fraction of sp³-hybridized carbons (Fsp3) is 0.0732. The van der Waals surface area contributed by atoms with Crippen LogP contribution in [0.1, 0.15) is 50.8 Å². The van der Waals surface area contributed by atoms with Gasteiger partial charge in [-0.2, -0.15) is 0 Å². The molecule has 1 heterocycles. The minimum absolute atomic E-state index is 0.0883. The van der Waals surface area contributed by atoms with E-state index in [9.17, 15) is 0 Å². The molecule has 2 unspecified atom stereocenters. The third-order valence-electron chi connectivity index (χ3n) is 9.31. The molecule has 0 spiro atoms. The van der Waals surface area contributed by atoms with E-state index in [1.54, 1.807) is 0 Å². The Labute approximate surface area is 245 Å². The highest BCUT2D eigenvalue weighted by Crippen LogP contribution is 2.51. The quantitative estimate of drug-likeness (QED) is 0.200. The van der Waals surface area contributed by atoms with E-state index in [2.05, 4.69) is 145 Å². The molecular weight excluding hydrogens is 506 g/mol. The molecule has 0 fully saturated rings. The molecule has 0 saturated carbocycles. The van der Waals surface area contributed by atoms with Crippen molar-refractivity contribution in [3.63, 3.8) is 0 Å². The van der Waals surface area contributed by atoms with Gasteiger partial charge in [-0.05, 0) is 67.8 Å². The molecule has 0 N–H and O–H groups in total. The van der Waals surface area contributed by atoms with Crippen LogP contribution in [0.15, 0.2) is 149 Å². The Morgan fingerprint density at radius 1 is 0.690 bits per heavy atom. The Hall–Kier alpha value is -5.23. The molecule has 196 valence electrons. The van der Waals surface area contributed by atoms with E-state index in [1.807, 2.05) is 0 Å². The number of rotatable bonds is 2. The van der Waals surface area contributed by atoms with Gasteiger partial charge in [-0.15, -0.1) is 0 Å². The molecule has 42 heavy (non-hydrogen) atoms. The zero-order chi connectivity index (χ0) is 27.6. The maximum Gasteiger partial charge on any atom is 0.0907 e. The summed E-state index contributed by atoms with van der Waals surface area (Å²) in [5, 5.41) is 2.46. The standard InChI is InChI=1S/C41H27N/c1-2-11-27(12-3-1)41-36-19-18-26-10-4-7-15-30(26)33(36)22-23-39(42-41)38-25-29-14-6-9-17-32(29)35-21-20-34-31-16-8-5-13-28(31)24-37(34)40(35)38/h1-22,24,31,38H,25H2. The van der Waals surface area contributed by atoms with Crippen molar-refractivity contribution in [3.8, 4) is 11.1 Å². The number of hydrogen-bond donors (Lipinski definition) is 0. The van der Waals surface area contributed by atoms with Crippen molar-refractivity contribution in [1.29, 1.82) is 0 Å². The van der Waals surface area contributed by atoms with Crippen LogP contribution in [0.3, 0.4) is 0 Å². The third kappa shape index (κ3) is 3.48. The van der Waals surface area contributed by atoms with Gasteiger partial charge in [-0.25, -0.2) is 4.99 Å². The highest BCUT2D eigenvalue weighted by Gasteiger charge is 2.35. The molecule has 5 aromatic carbocycles. The molecule has 5 aromatic rings. The van der Waals surface area contributed by atoms with Gasteiger partial charge in [-0.1, -0.05) is 139 Å². The van der Waals surface area contributed by atoms with Crippen LogP contribution in [-0.4, -0.2) is 5.71 Å². The SMILES string of the molecule is C1=Cc2c(ccc3ccccc23)C(c2ccccc2)=NC=1C1Cc2ccccc2-c2ccc3c(c21)C=C1C=CC=CC13. The van der Waals surface area contributed by atoms with Crippen LogP contribution >= 0.6 is 0 Å². The first kappa shape index (κ1) is 23.5. The molecule has 1 aliphatic heterocycles. The average molecular weight is 534 g/mol. The second-order valence-corrected chi connectivity index (χ2v) is 11.6. The summed E-state index contributed by atoms with van der Waals surface area (Å²) in [6.07, 6.45) is 14.4. The number of nitrogens with zero attached hydrogens (tertiary/aromatic N) is 1. The Kier molecular flexibility index (Phi) is 5.11. The first-order chi connectivity index (χ1) is 20.8. The lowest BCUT2D eigenvalue weighted by molar-refractivity contribution is 0.765. The summed E-state index contributed by atoms with van der Waals surface area (Å²) >= 11 is 0. The summed E-state index contributed by atoms with van der Waals surface area (Å²) in [5.41, 5.74) is 18.8. The zero-order valence-electron chi connectivity index (χ0n) is 23.1. The molecule has 0 bridgehead atoms.